The Morgan fingerprint density at radius 1 is 1.32 bits per heavy atom. The molecule has 31 heavy (non-hydrogen) atoms. The molecule has 0 spiro atoms. The topological polar surface area (TPSA) is 123 Å². The molecule has 0 aromatic heterocycles. The second-order valence-electron chi connectivity index (χ2n) is 6.17. The van der Waals surface area contributed by atoms with Gasteiger partial charge in [-0.15, -0.1) is 10.1 Å². The molecule has 14 heteroatoms. The predicted octanol–water partition coefficient (Wildman–Crippen LogP) is 3.71. The Bertz CT molecular complexity index is 904. The van der Waals surface area contributed by atoms with E-state index < -0.39 is 54.6 Å². The first kappa shape index (κ1) is 24.2. The molecule has 0 saturated carbocycles. The zero-order chi connectivity index (χ0) is 23.3. The summed E-state index contributed by atoms with van der Waals surface area (Å²) in [6, 6.07) is 3.02. The molecule has 0 saturated heterocycles. The molecule has 0 aliphatic carbocycles. The number of benzene rings is 1. The van der Waals surface area contributed by atoms with Gasteiger partial charge in [-0.2, -0.15) is 13.2 Å². The van der Waals surface area contributed by atoms with Crippen LogP contribution in [0.5, 0.6) is 5.75 Å². The van der Waals surface area contributed by atoms with E-state index in [0.29, 0.717) is 10.0 Å². The van der Waals surface area contributed by atoms with Gasteiger partial charge in [-0.05, 0) is 37.6 Å². The number of carbonyl (C=O) groups excluding carboxylic acids is 2. The largest absolute Gasteiger partial charge is 0.511 e. The normalized spacial score (nSPS) is 16.2. The van der Waals surface area contributed by atoms with Gasteiger partial charge in [-0.25, -0.2) is 9.59 Å². The third kappa shape index (κ3) is 6.73. The van der Waals surface area contributed by atoms with Crippen LogP contribution in [0.3, 0.4) is 0 Å². The molecule has 2 atom stereocenters. The van der Waals surface area contributed by atoms with E-state index in [9.17, 15) is 32.9 Å². The van der Waals surface area contributed by atoms with E-state index in [-0.39, 0.29) is 11.3 Å². The highest BCUT2D eigenvalue weighted by atomic mass is 79.9. The molecule has 1 aromatic rings. The van der Waals surface area contributed by atoms with E-state index in [0.717, 1.165) is 6.08 Å². The first-order chi connectivity index (χ1) is 14.4. The summed E-state index contributed by atoms with van der Waals surface area (Å²) in [7, 11) is 0. The lowest BCUT2D eigenvalue weighted by molar-refractivity contribution is -0.759. The summed E-state index contributed by atoms with van der Waals surface area (Å²) >= 11 is 3.21. The Morgan fingerprint density at radius 2 is 2.00 bits per heavy atom. The Labute approximate surface area is 181 Å². The minimum Gasteiger partial charge on any atom is -0.475 e. The molecule has 1 aliphatic rings. The van der Waals surface area contributed by atoms with Gasteiger partial charge in [0.2, 0.25) is 12.9 Å². The molecular weight excluding hydrogens is 499 g/mol. The van der Waals surface area contributed by atoms with Gasteiger partial charge < -0.3 is 23.8 Å². The van der Waals surface area contributed by atoms with Crippen LogP contribution in [-0.2, 0) is 23.8 Å². The van der Waals surface area contributed by atoms with Crippen LogP contribution in [0.15, 0.2) is 22.2 Å². The van der Waals surface area contributed by atoms with E-state index in [1.54, 1.807) is 13.0 Å². The highest BCUT2D eigenvalue weighted by molar-refractivity contribution is 9.10. The van der Waals surface area contributed by atoms with Gasteiger partial charge in [-0.1, -0.05) is 15.9 Å². The van der Waals surface area contributed by atoms with E-state index >= 15 is 0 Å². The maximum Gasteiger partial charge on any atom is 0.511 e. The molecule has 10 nitrogen and oxygen atoms in total. The van der Waals surface area contributed by atoms with Gasteiger partial charge in [0.25, 0.3) is 5.09 Å². The number of esters is 1. The smallest absolute Gasteiger partial charge is 0.475 e. The lowest BCUT2D eigenvalue weighted by Gasteiger charge is -2.28. The van der Waals surface area contributed by atoms with Crippen molar-refractivity contribution in [3.8, 4) is 5.75 Å². The SMILES string of the molecule is Cc1cc(Br)cc2c1O[C@H](C(F)(F)F)C(C(=O)OCOC(=O)OC(C)CO[N+](=O)[O-])=C2. The molecular formula is C17H15BrF3NO9. The van der Waals surface area contributed by atoms with Gasteiger partial charge in [0.1, 0.15) is 18.5 Å². The van der Waals surface area contributed by atoms with Gasteiger partial charge >= 0.3 is 18.3 Å². The number of nitrogens with zero attached hydrogens (tertiary/aromatic N) is 1. The van der Waals surface area contributed by atoms with Crippen molar-refractivity contribution >= 4 is 34.1 Å². The fraction of sp³-hybridized carbons (Fsp3) is 0.412. The number of hydrogen-bond acceptors (Lipinski definition) is 9. The fourth-order valence-electron chi connectivity index (χ4n) is 2.47. The number of alkyl halides is 3. The zero-order valence-electron chi connectivity index (χ0n) is 15.9. The van der Waals surface area contributed by atoms with E-state index in [1.807, 2.05) is 0 Å². The second-order valence-corrected chi connectivity index (χ2v) is 7.09. The minimum atomic E-state index is -4.92. The highest BCUT2D eigenvalue weighted by Crippen LogP contribution is 2.40. The molecule has 2 rings (SSSR count). The van der Waals surface area contributed by atoms with Crippen molar-refractivity contribution in [3.05, 3.63) is 43.4 Å². The molecule has 1 unspecified atom stereocenters. The Balaban J connectivity index is 2.04. The van der Waals surface area contributed by atoms with Crippen molar-refractivity contribution in [1.82, 2.24) is 0 Å². The Morgan fingerprint density at radius 3 is 2.61 bits per heavy atom. The lowest BCUT2D eigenvalue weighted by Crippen LogP contribution is -2.41. The van der Waals surface area contributed by atoms with Crippen LogP contribution in [0.25, 0.3) is 6.08 Å². The molecule has 0 radical (unpaired) electrons. The summed E-state index contributed by atoms with van der Waals surface area (Å²) in [6.07, 6.45) is -8.98. The molecule has 1 heterocycles. The highest BCUT2D eigenvalue weighted by Gasteiger charge is 2.49. The fourth-order valence-corrected chi connectivity index (χ4v) is 3.06. The molecule has 0 bridgehead atoms. The van der Waals surface area contributed by atoms with E-state index in [4.69, 9.17) is 4.74 Å². The summed E-state index contributed by atoms with van der Waals surface area (Å²) in [4.78, 5) is 37.7. The minimum absolute atomic E-state index is 0.0344. The van der Waals surface area contributed by atoms with Crippen molar-refractivity contribution in [2.75, 3.05) is 13.4 Å². The van der Waals surface area contributed by atoms with Gasteiger partial charge in [-0.3, -0.25) is 0 Å². The average Bonchev–Trinajstić information content (AvgIpc) is 2.64. The van der Waals surface area contributed by atoms with Gasteiger partial charge in [0.05, 0.1) is 5.57 Å². The monoisotopic (exact) mass is 513 g/mol. The van der Waals surface area contributed by atoms with Crippen LogP contribution in [-0.4, -0.2) is 49.0 Å². The summed E-state index contributed by atoms with van der Waals surface area (Å²) in [5.74, 6) is -1.46. The average molecular weight is 514 g/mol. The number of ether oxygens (including phenoxy) is 4. The van der Waals surface area contributed by atoms with Crippen molar-refractivity contribution in [2.45, 2.75) is 32.2 Å². The molecule has 1 aliphatic heterocycles. The van der Waals surface area contributed by atoms with Crippen molar-refractivity contribution in [2.24, 2.45) is 0 Å². The number of fused-ring (bicyclic) bond motifs is 1. The lowest BCUT2D eigenvalue weighted by atomic mass is 9.99. The van der Waals surface area contributed by atoms with Crippen LogP contribution >= 0.6 is 15.9 Å². The number of carbonyl (C=O) groups is 2. The third-order valence-electron chi connectivity index (χ3n) is 3.71. The quantitative estimate of drug-likeness (QED) is 0.232. The number of hydrogen-bond donors (Lipinski definition) is 0. The van der Waals surface area contributed by atoms with Crippen molar-refractivity contribution in [3.63, 3.8) is 0 Å². The summed E-state index contributed by atoms with van der Waals surface area (Å²) in [5, 5.41) is 8.96. The predicted molar refractivity (Wildman–Crippen MR) is 98.3 cm³/mol. The van der Waals surface area contributed by atoms with Crippen LogP contribution in [0, 0.1) is 17.0 Å². The zero-order valence-corrected chi connectivity index (χ0v) is 17.5. The second kappa shape index (κ2) is 9.85. The van der Waals surface area contributed by atoms with Crippen molar-refractivity contribution < 1.29 is 51.6 Å². The maximum absolute atomic E-state index is 13.4. The first-order valence-corrected chi connectivity index (χ1v) is 9.20. The maximum atomic E-state index is 13.4. The number of rotatable bonds is 7. The molecule has 0 fully saturated rings. The van der Waals surface area contributed by atoms with Crippen LogP contribution in [0.4, 0.5) is 18.0 Å². The molecule has 1 aromatic carbocycles. The summed E-state index contributed by atoms with van der Waals surface area (Å²) < 4.78 is 59.4. The molecule has 170 valence electrons. The first-order valence-electron chi connectivity index (χ1n) is 8.41. The van der Waals surface area contributed by atoms with E-state index in [2.05, 4.69) is 35.0 Å². The van der Waals surface area contributed by atoms with E-state index in [1.165, 1.54) is 13.0 Å². The summed E-state index contributed by atoms with van der Waals surface area (Å²) in [5.41, 5.74) is -0.204. The number of halogens is 4. The third-order valence-corrected chi connectivity index (χ3v) is 4.17. The summed E-state index contributed by atoms with van der Waals surface area (Å²) in [6.45, 7) is 1.16. The number of aryl methyl sites for hydroxylation is 1. The van der Waals surface area contributed by atoms with Crippen LogP contribution in [0.2, 0.25) is 0 Å². The Hall–Kier alpha value is -3.03. The Kier molecular flexibility index (Phi) is 7.70. The van der Waals surface area contributed by atoms with Crippen molar-refractivity contribution in [1.29, 1.82) is 0 Å². The van der Waals surface area contributed by atoms with Gasteiger partial charge in [0.15, 0.2) is 0 Å². The van der Waals surface area contributed by atoms with Crippen LogP contribution in [0.1, 0.15) is 18.1 Å². The van der Waals surface area contributed by atoms with Gasteiger partial charge in [0, 0.05) is 10.0 Å². The van der Waals surface area contributed by atoms with Crippen LogP contribution < -0.4 is 4.74 Å². The standard InChI is InChI=1S/C17H15BrF3NO9/c1-8-3-11(18)4-10-5-12(14(17(19,20)21)31-13(8)10)15(23)27-7-28-16(24)30-9(2)6-29-22(25)26/h3-5,9,14H,6-7H2,1-2H3/t9?,14-/m0/s1. The molecule has 0 amide bonds. The molecule has 0 N–H and O–H groups in total.